The Morgan fingerprint density at radius 2 is 2.07 bits per heavy atom. The molecule has 0 saturated heterocycles. The Kier molecular flexibility index (Phi) is 8.01. The van der Waals surface area contributed by atoms with Crippen LogP contribution in [0.5, 0.6) is 0 Å². The fraction of sp³-hybridized carbons (Fsp3) is 0.476. The van der Waals surface area contributed by atoms with Crippen molar-refractivity contribution in [3.63, 3.8) is 0 Å². The first-order valence-electron chi connectivity index (χ1n) is 10.3. The van der Waals surface area contributed by atoms with Crippen molar-refractivity contribution in [2.75, 3.05) is 11.1 Å². The number of allylic oxidation sites excluding steroid dienone is 1. The molecule has 0 spiro atoms. The van der Waals surface area contributed by atoms with E-state index in [0.29, 0.717) is 11.7 Å². The van der Waals surface area contributed by atoms with Crippen molar-refractivity contribution in [1.29, 1.82) is 0 Å². The smallest absolute Gasteiger partial charge is 0.292 e. The molecule has 1 aliphatic rings. The summed E-state index contributed by atoms with van der Waals surface area (Å²) < 4.78 is 2.00. The molecule has 3 rings (SSSR count). The van der Waals surface area contributed by atoms with E-state index in [4.69, 9.17) is 0 Å². The first-order chi connectivity index (χ1) is 14.6. The molecule has 1 amide bonds. The normalized spacial score (nSPS) is 14.4. The molecule has 1 aromatic heterocycles. The highest BCUT2D eigenvalue weighted by Gasteiger charge is 2.19. The summed E-state index contributed by atoms with van der Waals surface area (Å²) in [7, 11) is 0. The number of anilines is 1. The molecule has 160 valence electrons. The van der Waals surface area contributed by atoms with Gasteiger partial charge in [0.25, 0.3) is 5.69 Å². The van der Waals surface area contributed by atoms with Gasteiger partial charge in [0.2, 0.25) is 5.91 Å². The lowest BCUT2D eigenvalue weighted by Gasteiger charge is -2.21. The van der Waals surface area contributed by atoms with Crippen LogP contribution in [-0.4, -0.2) is 31.3 Å². The molecule has 1 aromatic carbocycles. The van der Waals surface area contributed by atoms with Gasteiger partial charge in [-0.2, -0.15) is 0 Å². The van der Waals surface area contributed by atoms with Gasteiger partial charge in [0.15, 0.2) is 5.16 Å². The minimum atomic E-state index is -0.512. The number of amides is 1. The van der Waals surface area contributed by atoms with E-state index in [1.54, 1.807) is 18.2 Å². The number of carbonyl (C=O) groups excluding carboxylic acids is 1. The fourth-order valence-corrected chi connectivity index (χ4v) is 4.55. The molecule has 8 nitrogen and oxygen atoms in total. The van der Waals surface area contributed by atoms with Crippen LogP contribution in [0.15, 0.2) is 42.1 Å². The Labute approximate surface area is 180 Å². The molecule has 0 atom stereocenters. The van der Waals surface area contributed by atoms with Crippen molar-refractivity contribution in [1.82, 2.24) is 14.8 Å². The number of aryl methyl sites for hydroxylation is 1. The Morgan fingerprint density at radius 1 is 1.30 bits per heavy atom. The number of para-hydroxylation sites is 2. The minimum Gasteiger partial charge on any atom is -0.320 e. The topological polar surface area (TPSA) is 103 Å². The molecular formula is C21H27N5O3S. The second-order valence-electron chi connectivity index (χ2n) is 7.45. The van der Waals surface area contributed by atoms with E-state index in [9.17, 15) is 14.9 Å². The minimum absolute atomic E-state index is 0.0873. The van der Waals surface area contributed by atoms with Crippen molar-refractivity contribution in [2.45, 2.75) is 56.6 Å². The molecule has 0 bridgehead atoms. The molecule has 9 heteroatoms. The number of nitro groups is 1. The van der Waals surface area contributed by atoms with Gasteiger partial charge < -0.3 is 9.88 Å². The Balaban J connectivity index is 1.59. The zero-order valence-electron chi connectivity index (χ0n) is 17.0. The third-order valence-electron chi connectivity index (χ3n) is 5.31. The van der Waals surface area contributed by atoms with Crippen molar-refractivity contribution >= 4 is 29.0 Å². The summed E-state index contributed by atoms with van der Waals surface area (Å²) in [6.45, 7) is 4.40. The monoisotopic (exact) mass is 429 g/mol. The van der Waals surface area contributed by atoms with E-state index in [0.717, 1.165) is 24.6 Å². The van der Waals surface area contributed by atoms with E-state index in [-0.39, 0.29) is 23.0 Å². The van der Waals surface area contributed by atoms with Gasteiger partial charge in [0, 0.05) is 19.0 Å². The molecule has 0 unspecified atom stereocenters. The van der Waals surface area contributed by atoms with E-state index in [1.807, 2.05) is 4.57 Å². The van der Waals surface area contributed by atoms with Crippen LogP contribution in [0.3, 0.4) is 0 Å². The molecule has 1 aliphatic carbocycles. The quantitative estimate of drug-likeness (QED) is 0.256. The Morgan fingerprint density at radius 3 is 2.80 bits per heavy atom. The molecule has 1 fully saturated rings. The predicted octanol–water partition coefficient (Wildman–Crippen LogP) is 4.62. The van der Waals surface area contributed by atoms with Crippen LogP contribution in [-0.2, 0) is 17.8 Å². The number of hydrogen-bond donors (Lipinski definition) is 1. The summed E-state index contributed by atoms with van der Waals surface area (Å²) in [5.74, 6) is 1.44. The Hall–Kier alpha value is -2.68. The molecule has 30 heavy (non-hydrogen) atoms. The number of nitrogens with one attached hydrogen (secondary N) is 1. The molecule has 1 heterocycles. The second-order valence-corrected chi connectivity index (χ2v) is 8.39. The number of hydrogen-bond acceptors (Lipinski definition) is 6. The van der Waals surface area contributed by atoms with E-state index in [1.165, 1.54) is 56.0 Å². The highest BCUT2D eigenvalue weighted by atomic mass is 32.2. The largest absolute Gasteiger partial charge is 0.320 e. The molecule has 2 aromatic rings. The first-order valence-corrected chi connectivity index (χ1v) is 11.3. The lowest BCUT2D eigenvalue weighted by Crippen LogP contribution is -2.16. The van der Waals surface area contributed by atoms with Crippen molar-refractivity contribution in [3.8, 4) is 0 Å². The number of nitro benzene ring substituents is 1. The van der Waals surface area contributed by atoms with Crippen LogP contribution in [0, 0.1) is 16.0 Å². The number of nitrogens with zero attached hydrogens (tertiary/aromatic N) is 4. The van der Waals surface area contributed by atoms with Crippen molar-refractivity contribution in [2.24, 2.45) is 5.92 Å². The van der Waals surface area contributed by atoms with Gasteiger partial charge in [-0.15, -0.1) is 16.8 Å². The predicted molar refractivity (Wildman–Crippen MR) is 118 cm³/mol. The third-order valence-corrected chi connectivity index (χ3v) is 6.28. The number of thioether (sulfide) groups is 1. The van der Waals surface area contributed by atoms with Crippen LogP contribution < -0.4 is 5.32 Å². The maximum absolute atomic E-state index is 12.3. The van der Waals surface area contributed by atoms with Gasteiger partial charge in [-0.3, -0.25) is 14.9 Å². The maximum Gasteiger partial charge on any atom is 0.292 e. The SMILES string of the molecule is C=CCn1c(CCC2CCCCC2)nnc1SCC(=O)Nc1ccccc1[N+](=O)[O-]. The average molecular weight is 430 g/mol. The number of rotatable bonds is 10. The van der Waals surface area contributed by atoms with Crippen LogP contribution in [0.4, 0.5) is 11.4 Å². The second kappa shape index (κ2) is 10.9. The molecule has 0 radical (unpaired) electrons. The van der Waals surface area contributed by atoms with E-state index in [2.05, 4.69) is 22.1 Å². The summed E-state index contributed by atoms with van der Waals surface area (Å²) in [5, 5.41) is 23.0. The van der Waals surface area contributed by atoms with Gasteiger partial charge in [-0.25, -0.2) is 0 Å². The van der Waals surface area contributed by atoms with Crippen molar-refractivity contribution in [3.05, 3.63) is 52.9 Å². The number of aromatic nitrogens is 3. The van der Waals surface area contributed by atoms with Gasteiger partial charge in [0.1, 0.15) is 11.5 Å². The number of carbonyl (C=O) groups is 1. The van der Waals surface area contributed by atoms with Crippen LogP contribution in [0.25, 0.3) is 0 Å². The van der Waals surface area contributed by atoms with Crippen LogP contribution in [0.2, 0.25) is 0 Å². The molecule has 1 N–H and O–H groups in total. The third kappa shape index (κ3) is 5.91. The lowest BCUT2D eigenvalue weighted by molar-refractivity contribution is -0.383. The van der Waals surface area contributed by atoms with E-state index >= 15 is 0 Å². The average Bonchev–Trinajstić information content (AvgIpc) is 3.13. The van der Waals surface area contributed by atoms with Gasteiger partial charge in [-0.1, -0.05) is 62.1 Å². The highest BCUT2D eigenvalue weighted by Crippen LogP contribution is 2.28. The van der Waals surface area contributed by atoms with Crippen LogP contribution >= 0.6 is 11.8 Å². The summed E-state index contributed by atoms with van der Waals surface area (Å²) in [5.41, 5.74) is 0.0597. The Bertz CT molecular complexity index is 893. The van der Waals surface area contributed by atoms with E-state index < -0.39 is 4.92 Å². The zero-order valence-corrected chi connectivity index (χ0v) is 17.8. The fourth-order valence-electron chi connectivity index (χ4n) is 3.79. The van der Waals surface area contributed by atoms with Gasteiger partial charge in [0.05, 0.1) is 10.7 Å². The standard InChI is InChI=1S/C21H27N5O3S/c1-2-14-25-19(13-12-16-8-4-3-5-9-16)23-24-21(25)30-15-20(27)22-17-10-6-7-11-18(17)26(28)29/h2,6-7,10-11,16H,1,3-5,8-9,12-15H2,(H,22,27). The summed E-state index contributed by atoms with van der Waals surface area (Å²) in [6.07, 6.45) is 10.3. The molecule has 1 saturated carbocycles. The molecular weight excluding hydrogens is 402 g/mol. The summed E-state index contributed by atoms with van der Waals surface area (Å²) in [4.78, 5) is 22.9. The summed E-state index contributed by atoms with van der Waals surface area (Å²) in [6, 6.07) is 6.09. The highest BCUT2D eigenvalue weighted by molar-refractivity contribution is 7.99. The first kappa shape index (κ1) is 22.0. The van der Waals surface area contributed by atoms with Gasteiger partial charge >= 0.3 is 0 Å². The van der Waals surface area contributed by atoms with Gasteiger partial charge in [-0.05, 0) is 18.4 Å². The molecule has 0 aliphatic heterocycles. The lowest BCUT2D eigenvalue weighted by atomic mass is 9.86. The van der Waals surface area contributed by atoms with Crippen molar-refractivity contribution < 1.29 is 9.72 Å². The van der Waals surface area contributed by atoms with Crippen LogP contribution in [0.1, 0.15) is 44.3 Å². The number of benzene rings is 1. The summed E-state index contributed by atoms with van der Waals surface area (Å²) >= 11 is 1.27. The maximum atomic E-state index is 12.3. The zero-order chi connectivity index (χ0) is 21.3.